The zero-order valence-corrected chi connectivity index (χ0v) is 10.5. The van der Waals surface area contributed by atoms with E-state index in [2.05, 4.69) is 5.32 Å². The second kappa shape index (κ2) is 5.17. The summed E-state index contributed by atoms with van der Waals surface area (Å²) in [6.07, 6.45) is 3.28. The van der Waals surface area contributed by atoms with E-state index in [4.69, 9.17) is 11.6 Å². The number of hydrogen-bond donors (Lipinski definition) is 1. The van der Waals surface area contributed by atoms with Crippen LogP contribution in [-0.4, -0.2) is 11.4 Å². The Morgan fingerprint density at radius 2 is 1.81 bits per heavy atom. The zero-order valence-electron chi connectivity index (χ0n) is 9.75. The Balaban J connectivity index is 2.60. The molecule has 0 spiro atoms. The van der Waals surface area contributed by atoms with Crippen LogP contribution >= 0.6 is 11.6 Å². The van der Waals surface area contributed by atoms with Crippen molar-refractivity contribution >= 4 is 23.6 Å². The third-order valence-corrected chi connectivity index (χ3v) is 2.05. The van der Waals surface area contributed by atoms with E-state index < -0.39 is 0 Å². The average Bonchev–Trinajstić information content (AvgIpc) is 2.14. The molecule has 1 amide bonds. The number of rotatable bonds is 2. The van der Waals surface area contributed by atoms with Crippen LogP contribution in [0.5, 0.6) is 0 Å². The summed E-state index contributed by atoms with van der Waals surface area (Å²) in [6.45, 7) is 5.84. The summed E-state index contributed by atoms with van der Waals surface area (Å²) in [5, 5.41) is 3.54. The molecule has 1 N–H and O–H groups in total. The molecule has 0 radical (unpaired) electrons. The molecule has 0 bridgehead atoms. The van der Waals surface area contributed by atoms with Crippen LogP contribution in [-0.2, 0) is 4.79 Å². The highest BCUT2D eigenvalue weighted by molar-refractivity contribution is 6.30. The third kappa shape index (κ3) is 4.99. The van der Waals surface area contributed by atoms with Crippen LogP contribution in [0.3, 0.4) is 0 Å². The fourth-order valence-electron chi connectivity index (χ4n) is 1.16. The average molecular weight is 238 g/mol. The van der Waals surface area contributed by atoms with Crippen molar-refractivity contribution in [1.29, 1.82) is 0 Å². The highest BCUT2D eigenvalue weighted by atomic mass is 35.5. The number of amides is 1. The fourth-order valence-corrected chi connectivity index (χ4v) is 1.28. The Kier molecular flexibility index (Phi) is 4.13. The van der Waals surface area contributed by atoms with E-state index in [-0.39, 0.29) is 11.4 Å². The minimum absolute atomic E-state index is 0.0950. The molecule has 0 atom stereocenters. The van der Waals surface area contributed by atoms with Crippen LogP contribution in [0.15, 0.2) is 30.3 Å². The lowest BCUT2D eigenvalue weighted by Crippen LogP contribution is -2.39. The lowest BCUT2D eigenvalue weighted by Gasteiger charge is -2.18. The van der Waals surface area contributed by atoms with Gasteiger partial charge in [-0.1, -0.05) is 23.7 Å². The minimum Gasteiger partial charge on any atom is -0.348 e. The summed E-state index contributed by atoms with van der Waals surface area (Å²) in [6, 6.07) is 7.32. The van der Waals surface area contributed by atoms with Gasteiger partial charge in [-0.05, 0) is 44.5 Å². The van der Waals surface area contributed by atoms with Gasteiger partial charge in [0.1, 0.15) is 0 Å². The first-order chi connectivity index (χ1) is 7.37. The number of nitrogens with one attached hydrogen (secondary N) is 1. The summed E-state index contributed by atoms with van der Waals surface area (Å²) in [5.74, 6) is -0.0950. The van der Waals surface area contributed by atoms with Crippen LogP contribution in [0.2, 0.25) is 5.02 Å². The number of carbonyl (C=O) groups is 1. The molecule has 0 aliphatic carbocycles. The first kappa shape index (κ1) is 12.8. The predicted octanol–water partition coefficient (Wildman–Crippen LogP) is 3.27. The maximum Gasteiger partial charge on any atom is 0.244 e. The van der Waals surface area contributed by atoms with Crippen molar-refractivity contribution < 1.29 is 4.79 Å². The normalized spacial score (nSPS) is 11.8. The van der Waals surface area contributed by atoms with Crippen molar-refractivity contribution in [2.75, 3.05) is 0 Å². The lowest BCUT2D eigenvalue weighted by molar-refractivity contribution is -0.117. The van der Waals surface area contributed by atoms with E-state index in [9.17, 15) is 4.79 Å². The van der Waals surface area contributed by atoms with Crippen molar-refractivity contribution in [3.8, 4) is 0 Å². The summed E-state index contributed by atoms with van der Waals surface area (Å²) in [4.78, 5) is 11.5. The molecule has 16 heavy (non-hydrogen) atoms. The molecule has 0 aromatic heterocycles. The Labute approximate surface area is 101 Å². The molecule has 0 saturated heterocycles. The van der Waals surface area contributed by atoms with Crippen LogP contribution in [0.25, 0.3) is 6.08 Å². The van der Waals surface area contributed by atoms with Gasteiger partial charge in [-0.15, -0.1) is 0 Å². The largest absolute Gasteiger partial charge is 0.348 e. The minimum atomic E-state index is -0.207. The SMILES string of the molecule is CC(C)(C)NC(=O)/C=C/c1ccc(Cl)cc1. The van der Waals surface area contributed by atoms with Gasteiger partial charge in [-0.2, -0.15) is 0 Å². The van der Waals surface area contributed by atoms with Crippen LogP contribution in [0.1, 0.15) is 26.3 Å². The fraction of sp³-hybridized carbons (Fsp3) is 0.308. The molecule has 0 heterocycles. The van der Waals surface area contributed by atoms with E-state index in [0.717, 1.165) is 5.56 Å². The molecule has 0 saturated carbocycles. The van der Waals surface area contributed by atoms with E-state index in [1.54, 1.807) is 18.2 Å². The zero-order chi connectivity index (χ0) is 12.2. The Bertz CT molecular complexity index is 387. The van der Waals surface area contributed by atoms with Gasteiger partial charge in [0.15, 0.2) is 0 Å². The summed E-state index contributed by atoms with van der Waals surface area (Å²) < 4.78 is 0. The molecule has 0 unspecified atom stereocenters. The molecule has 1 rings (SSSR count). The van der Waals surface area contributed by atoms with Crippen LogP contribution < -0.4 is 5.32 Å². The summed E-state index contributed by atoms with van der Waals surface area (Å²) >= 11 is 5.76. The molecular weight excluding hydrogens is 222 g/mol. The maximum atomic E-state index is 11.5. The smallest absolute Gasteiger partial charge is 0.244 e. The molecule has 2 nitrogen and oxygen atoms in total. The number of halogens is 1. The molecule has 1 aromatic rings. The highest BCUT2D eigenvalue weighted by Gasteiger charge is 2.10. The van der Waals surface area contributed by atoms with Gasteiger partial charge < -0.3 is 5.32 Å². The van der Waals surface area contributed by atoms with E-state index in [1.807, 2.05) is 32.9 Å². The van der Waals surface area contributed by atoms with Gasteiger partial charge in [0.25, 0.3) is 0 Å². The molecule has 3 heteroatoms. The Hall–Kier alpha value is -1.28. The predicted molar refractivity (Wildman–Crippen MR) is 68.4 cm³/mol. The first-order valence-electron chi connectivity index (χ1n) is 5.13. The molecule has 0 aliphatic heterocycles. The van der Waals surface area contributed by atoms with E-state index >= 15 is 0 Å². The molecule has 0 aliphatic rings. The van der Waals surface area contributed by atoms with E-state index in [0.29, 0.717) is 5.02 Å². The van der Waals surface area contributed by atoms with Gasteiger partial charge in [0.05, 0.1) is 0 Å². The summed E-state index contributed by atoms with van der Waals surface area (Å²) in [5.41, 5.74) is 0.745. The van der Waals surface area contributed by atoms with Gasteiger partial charge in [0, 0.05) is 16.6 Å². The van der Waals surface area contributed by atoms with Crippen molar-refractivity contribution in [3.63, 3.8) is 0 Å². The summed E-state index contributed by atoms with van der Waals surface area (Å²) in [7, 11) is 0. The van der Waals surface area contributed by atoms with E-state index in [1.165, 1.54) is 6.08 Å². The van der Waals surface area contributed by atoms with Crippen molar-refractivity contribution in [1.82, 2.24) is 5.32 Å². The number of hydrogen-bond acceptors (Lipinski definition) is 1. The Morgan fingerprint density at radius 1 is 1.25 bits per heavy atom. The standard InChI is InChI=1S/C13H16ClNO/c1-13(2,3)15-12(16)9-6-10-4-7-11(14)8-5-10/h4-9H,1-3H3,(H,15,16)/b9-6+. The second-order valence-corrected chi connectivity index (χ2v) is 5.06. The topological polar surface area (TPSA) is 29.1 Å². The van der Waals surface area contributed by atoms with Gasteiger partial charge in [0.2, 0.25) is 5.91 Å². The third-order valence-electron chi connectivity index (χ3n) is 1.80. The maximum absolute atomic E-state index is 11.5. The van der Waals surface area contributed by atoms with Crippen molar-refractivity contribution in [3.05, 3.63) is 40.9 Å². The van der Waals surface area contributed by atoms with Gasteiger partial charge in [-0.25, -0.2) is 0 Å². The molecular formula is C13H16ClNO. The number of benzene rings is 1. The van der Waals surface area contributed by atoms with Crippen LogP contribution in [0, 0.1) is 0 Å². The van der Waals surface area contributed by atoms with Crippen molar-refractivity contribution in [2.24, 2.45) is 0 Å². The van der Waals surface area contributed by atoms with Gasteiger partial charge >= 0.3 is 0 Å². The second-order valence-electron chi connectivity index (χ2n) is 4.62. The van der Waals surface area contributed by atoms with Crippen LogP contribution in [0.4, 0.5) is 0 Å². The monoisotopic (exact) mass is 237 g/mol. The highest BCUT2D eigenvalue weighted by Crippen LogP contribution is 2.10. The molecule has 86 valence electrons. The Morgan fingerprint density at radius 3 is 2.31 bits per heavy atom. The van der Waals surface area contributed by atoms with Gasteiger partial charge in [-0.3, -0.25) is 4.79 Å². The molecule has 0 fully saturated rings. The lowest BCUT2D eigenvalue weighted by atomic mass is 10.1. The molecule has 1 aromatic carbocycles. The van der Waals surface area contributed by atoms with Crippen molar-refractivity contribution in [2.45, 2.75) is 26.3 Å². The number of carbonyl (C=O) groups excluding carboxylic acids is 1. The first-order valence-corrected chi connectivity index (χ1v) is 5.50. The quantitative estimate of drug-likeness (QED) is 0.786.